The van der Waals surface area contributed by atoms with Crippen molar-refractivity contribution in [3.05, 3.63) is 59.7 Å². The van der Waals surface area contributed by atoms with Gasteiger partial charge in [-0.15, -0.1) is 0 Å². The van der Waals surface area contributed by atoms with Gasteiger partial charge in [0.2, 0.25) is 10.0 Å². The van der Waals surface area contributed by atoms with E-state index in [-0.39, 0.29) is 11.4 Å². The normalized spacial score (nSPS) is 11.3. The molecule has 5 heteroatoms. The molecule has 2 aromatic carbocycles. The lowest BCUT2D eigenvalue weighted by atomic mass is 10.2. The van der Waals surface area contributed by atoms with E-state index >= 15 is 0 Å². The van der Waals surface area contributed by atoms with E-state index in [1.165, 1.54) is 0 Å². The van der Waals surface area contributed by atoms with E-state index < -0.39 is 10.0 Å². The second-order valence-corrected chi connectivity index (χ2v) is 6.26. The summed E-state index contributed by atoms with van der Waals surface area (Å²) < 4.78 is 31.9. The van der Waals surface area contributed by atoms with Crippen molar-refractivity contribution in [2.24, 2.45) is 0 Å². The molecule has 0 saturated carbocycles. The third kappa shape index (κ3) is 3.59. The molecule has 4 nitrogen and oxygen atoms in total. The molecule has 20 heavy (non-hydrogen) atoms. The van der Waals surface area contributed by atoms with Gasteiger partial charge in [0.25, 0.3) is 0 Å². The van der Waals surface area contributed by atoms with Crippen LogP contribution >= 0.6 is 0 Å². The first kappa shape index (κ1) is 14.6. The number of nitrogens with one attached hydrogen (secondary N) is 1. The van der Waals surface area contributed by atoms with Crippen LogP contribution < -0.4 is 9.46 Å². The van der Waals surface area contributed by atoms with Crippen LogP contribution in [0.2, 0.25) is 0 Å². The van der Waals surface area contributed by atoms with Crippen LogP contribution in [0.25, 0.3) is 0 Å². The Morgan fingerprint density at radius 3 is 2.45 bits per heavy atom. The maximum Gasteiger partial charge on any atom is 0.240 e. The van der Waals surface area contributed by atoms with E-state index in [1.807, 2.05) is 25.1 Å². The molecular weight excluding hydrogens is 274 g/mol. The highest BCUT2D eigenvalue weighted by molar-refractivity contribution is 7.89. The summed E-state index contributed by atoms with van der Waals surface area (Å²) in [5.41, 5.74) is 1.87. The fraction of sp³-hybridized carbons (Fsp3) is 0.200. The molecule has 0 fully saturated rings. The molecule has 0 radical (unpaired) electrons. The van der Waals surface area contributed by atoms with Crippen molar-refractivity contribution in [1.82, 2.24) is 4.72 Å². The number of benzene rings is 2. The Balaban J connectivity index is 2.10. The van der Waals surface area contributed by atoms with Crippen molar-refractivity contribution in [2.45, 2.75) is 18.4 Å². The molecule has 0 bridgehead atoms. The van der Waals surface area contributed by atoms with Crippen molar-refractivity contribution in [3.8, 4) is 5.75 Å². The summed E-state index contributed by atoms with van der Waals surface area (Å²) in [5, 5.41) is 0. The molecule has 0 aliphatic heterocycles. The van der Waals surface area contributed by atoms with Crippen LogP contribution in [0.15, 0.2) is 53.4 Å². The van der Waals surface area contributed by atoms with Crippen LogP contribution in [0.1, 0.15) is 11.1 Å². The number of sulfonamides is 1. The highest BCUT2D eigenvalue weighted by Crippen LogP contribution is 2.14. The molecule has 0 atom stereocenters. The summed E-state index contributed by atoms with van der Waals surface area (Å²) in [6.45, 7) is 2.15. The molecule has 0 aliphatic carbocycles. The molecule has 0 amide bonds. The standard InChI is InChI=1S/C15H17NO3S/c1-12-6-8-15(9-7-12)20(17,18)16-11-13-4-3-5-14(10-13)19-2/h3-10,16H,11H2,1-2H3. The largest absolute Gasteiger partial charge is 0.497 e. The molecule has 0 aromatic heterocycles. The Morgan fingerprint density at radius 2 is 1.80 bits per heavy atom. The van der Waals surface area contributed by atoms with E-state index in [0.717, 1.165) is 11.1 Å². The predicted octanol–water partition coefficient (Wildman–Crippen LogP) is 2.48. The quantitative estimate of drug-likeness (QED) is 0.920. The van der Waals surface area contributed by atoms with Gasteiger partial charge in [-0.3, -0.25) is 0 Å². The highest BCUT2D eigenvalue weighted by atomic mass is 32.2. The zero-order valence-corrected chi connectivity index (χ0v) is 12.3. The average Bonchev–Trinajstić information content (AvgIpc) is 2.46. The van der Waals surface area contributed by atoms with Crippen molar-refractivity contribution in [3.63, 3.8) is 0 Å². The molecule has 0 spiro atoms. The minimum Gasteiger partial charge on any atom is -0.497 e. The van der Waals surface area contributed by atoms with E-state index in [2.05, 4.69) is 4.72 Å². The first-order valence-electron chi connectivity index (χ1n) is 6.20. The van der Waals surface area contributed by atoms with Gasteiger partial charge in [-0.1, -0.05) is 29.8 Å². The molecule has 1 N–H and O–H groups in total. The fourth-order valence-electron chi connectivity index (χ4n) is 1.76. The predicted molar refractivity (Wildman–Crippen MR) is 78.2 cm³/mol. The zero-order chi connectivity index (χ0) is 14.6. The second kappa shape index (κ2) is 6.07. The molecular formula is C15H17NO3S. The zero-order valence-electron chi connectivity index (χ0n) is 11.5. The molecule has 0 aliphatic rings. The van der Waals surface area contributed by atoms with Gasteiger partial charge >= 0.3 is 0 Å². The third-order valence-electron chi connectivity index (χ3n) is 2.93. The second-order valence-electron chi connectivity index (χ2n) is 4.49. The Bertz CT molecular complexity index is 679. The molecule has 2 aromatic rings. The average molecular weight is 291 g/mol. The summed E-state index contributed by atoms with van der Waals surface area (Å²) in [6, 6.07) is 14.1. The van der Waals surface area contributed by atoms with Crippen LogP contribution in [-0.2, 0) is 16.6 Å². The van der Waals surface area contributed by atoms with Crippen molar-refractivity contribution >= 4 is 10.0 Å². The van der Waals surface area contributed by atoms with Gasteiger partial charge in [-0.2, -0.15) is 0 Å². The minimum absolute atomic E-state index is 0.230. The topological polar surface area (TPSA) is 55.4 Å². The van der Waals surface area contributed by atoms with Gasteiger partial charge in [-0.05, 0) is 36.8 Å². The summed E-state index contributed by atoms with van der Waals surface area (Å²) in [4.78, 5) is 0.269. The summed E-state index contributed by atoms with van der Waals surface area (Å²) in [6.07, 6.45) is 0. The van der Waals surface area contributed by atoms with E-state index in [0.29, 0.717) is 5.75 Å². The van der Waals surface area contributed by atoms with Gasteiger partial charge < -0.3 is 4.74 Å². The van der Waals surface area contributed by atoms with Gasteiger partial charge in [0.15, 0.2) is 0 Å². The van der Waals surface area contributed by atoms with E-state index in [1.54, 1.807) is 37.4 Å². The number of hydrogen-bond donors (Lipinski definition) is 1. The lowest BCUT2D eigenvalue weighted by Crippen LogP contribution is -2.23. The lowest BCUT2D eigenvalue weighted by Gasteiger charge is -2.08. The maximum atomic E-state index is 12.1. The molecule has 106 valence electrons. The van der Waals surface area contributed by atoms with Gasteiger partial charge in [0.05, 0.1) is 12.0 Å². The SMILES string of the molecule is COc1cccc(CNS(=O)(=O)c2ccc(C)cc2)c1. The molecule has 0 saturated heterocycles. The Morgan fingerprint density at radius 1 is 1.10 bits per heavy atom. The lowest BCUT2D eigenvalue weighted by molar-refractivity contribution is 0.414. The van der Waals surface area contributed by atoms with Crippen molar-refractivity contribution < 1.29 is 13.2 Å². The number of methoxy groups -OCH3 is 1. The van der Waals surface area contributed by atoms with Crippen LogP contribution in [-0.4, -0.2) is 15.5 Å². The molecule has 0 heterocycles. The summed E-state index contributed by atoms with van der Waals surface area (Å²) >= 11 is 0. The monoisotopic (exact) mass is 291 g/mol. The Labute approximate surface area is 119 Å². The molecule has 0 unspecified atom stereocenters. The van der Waals surface area contributed by atoms with E-state index in [9.17, 15) is 8.42 Å². The van der Waals surface area contributed by atoms with Crippen LogP contribution in [0.5, 0.6) is 5.75 Å². The first-order valence-corrected chi connectivity index (χ1v) is 7.69. The maximum absolute atomic E-state index is 12.1. The van der Waals surface area contributed by atoms with Crippen molar-refractivity contribution in [2.75, 3.05) is 7.11 Å². The van der Waals surface area contributed by atoms with Crippen LogP contribution in [0, 0.1) is 6.92 Å². The number of ether oxygens (including phenoxy) is 1. The smallest absolute Gasteiger partial charge is 0.240 e. The minimum atomic E-state index is -3.49. The Hall–Kier alpha value is -1.85. The van der Waals surface area contributed by atoms with E-state index in [4.69, 9.17) is 4.74 Å². The van der Waals surface area contributed by atoms with Gasteiger partial charge in [0.1, 0.15) is 5.75 Å². The fourth-order valence-corrected chi connectivity index (χ4v) is 2.78. The first-order chi connectivity index (χ1) is 9.51. The Kier molecular flexibility index (Phi) is 4.42. The van der Waals surface area contributed by atoms with Gasteiger partial charge in [0, 0.05) is 6.54 Å². The van der Waals surface area contributed by atoms with Crippen LogP contribution in [0.3, 0.4) is 0 Å². The number of hydrogen-bond acceptors (Lipinski definition) is 3. The van der Waals surface area contributed by atoms with Crippen molar-refractivity contribution in [1.29, 1.82) is 0 Å². The highest BCUT2D eigenvalue weighted by Gasteiger charge is 2.13. The van der Waals surface area contributed by atoms with Crippen LogP contribution in [0.4, 0.5) is 0 Å². The summed E-state index contributed by atoms with van der Waals surface area (Å²) in [5.74, 6) is 0.706. The molecule has 2 rings (SSSR count). The number of aryl methyl sites for hydroxylation is 1. The third-order valence-corrected chi connectivity index (χ3v) is 4.35. The van der Waals surface area contributed by atoms with Gasteiger partial charge in [-0.25, -0.2) is 13.1 Å². The number of rotatable bonds is 5. The summed E-state index contributed by atoms with van der Waals surface area (Å²) in [7, 11) is -1.91.